The Morgan fingerprint density at radius 3 is 2.37 bits per heavy atom. The number of anilines is 1. The van der Waals surface area contributed by atoms with Gasteiger partial charge in [-0.25, -0.2) is 13.2 Å². The Bertz CT molecular complexity index is 896. The minimum atomic E-state index is -3.60. The first kappa shape index (κ1) is 19.6. The van der Waals surface area contributed by atoms with E-state index in [1.807, 2.05) is 0 Å². The largest absolute Gasteiger partial charge is 0.444 e. The number of carbonyl (C=O) groups is 1. The summed E-state index contributed by atoms with van der Waals surface area (Å²) in [5.74, 6) is 0. The molecule has 0 saturated carbocycles. The minimum absolute atomic E-state index is 0.101. The number of hydrogen-bond acceptors (Lipinski definition) is 5. The molecule has 1 aliphatic rings. The predicted molar refractivity (Wildman–Crippen MR) is 101 cm³/mol. The second-order valence-corrected chi connectivity index (χ2v) is 8.50. The summed E-state index contributed by atoms with van der Waals surface area (Å²) < 4.78 is 36.5. The van der Waals surface area contributed by atoms with E-state index in [1.165, 1.54) is 35.6 Å². The van der Waals surface area contributed by atoms with Gasteiger partial charge >= 0.3 is 6.09 Å². The molecule has 27 heavy (non-hydrogen) atoms. The number of halogens is 1. The van der Waals surface area contributed by atoms with Gasteiger partial charge in [0.25, 0.3) is 0 Å². The summed E-state index contributed by atoms with van der Waals surface area (Å²) in [5, 5.41) is 3.17. The third kappa shape index (κ3) is 4.78. The van der Waals surface area contributed by atoms with Crippen LogP contribution >= 0.6 is 11.6 Å². The van der Waals surface area contributed by atoms with Crippen molar-refractivity contribution in [3.63, 3.8) is 0 Å². The van der Waals surface area contributed by atoms with Gasteiger partial charge in [-0.1, -0.05) is 23.7 Å². The van der Waals surface area contributed by atoms with Crippen molar-refractivity contribution in [2.24, 2.45) is 0 Å². The van der Waals surface area contributed by atoms with Crippen molar-refractivity contribution in [3.8, 4) is 0 Å². The molecule has 0 atom stereocenters. The van der Waals surface area contributed by atoms with Crippen LogP contribution in [0.4, 0.5) is 10.5 Å². The normalized spacial score (nSPS) is 14.6. The topological polar surface area (TPSA) is 84.9 Å². The molecule has 2 aromatic carbocycles. The molecule has 2 aromatic rings. The molecule has 0 unspecified atom stereocenters. The van der Waals surface area contributed by atoms with Crippen LogP contribution in [0.5, 0.6) is 0 Å². The number of benzene rings is 2. The molecule has 7 nitrogen and oxygen atoms in total. The van der Waals surface area contributed by atoms with Crippen molar-refractivity contribution >= 4 is 33.4 Å². The molecule has 1 saturated heterocycles. The zero-order chi connectivity index (χ0) is 19.4. The van der Waals surface area contributed by atoms with E-state index in [-0.39, 0.29) is 17.5 Å². The lowest BCUT2D eigenvalue weighted by Gasteiger charge is -2.33. The maximum Gasteiger partial charge on any atom is 0.411 e. The Hall–Kier alpha value is -2.13. The van der Waals surface area contributed by atoms with Crippen LogP contribution < -0.4 is 5.32 Å². The summed E-state index contributed by atoms with van der Waals surface area (Å²) in [4.78, 5) is 12.0. The highest BCUT2D eigenvalue weighted by atomic mass is 35.5. The summed E-state index contributed by atoms with van der Waals surface area (Å²) >= 11 is 5.80. The lowest BCUT2D eigenvalue weighted by Crippen LogP contribution is -2.49. The fourth-order valence-corrected chi connectivity index (χ4v) is 3.84. The molecule has 1 heterocycles. The molecule has 144 valence electrons. The first-order chi connectivity index (χ1) is 12.9. The van der Waals surface area contributed by atoms with Gasteiger partial charge in [0.15, 0.2) is 0 Å². The molecular weight excluding hydrogens is 392 g/mol. The van der Waals surface area contributed by atoms with E-state index in [4.69, 9.17) is 21.1 Å². The Labute approximate surface area is 162 Å². The van der Waals surface area contributed by atoms with Crippen LogP contribution in [0.15, 0.2) is 53.4 Å². The van der Waals surface area contributed by atoms with E-state index >= 15 is 0 Å². The zero-order valence-corrected chi connectivity index (χ0v) is 16.2. The Balaban J connectivity index is 1.56. The van der Waals surface area contributed by atoms with Crippen molar-refractivity contribution in [2.75, 3.05) is 25.6 Å². The molecule has 1 fully saturated rings. The fraction of sp³-hybridized carbons (Fsp3) is 0.278. The fourth-order valence-electron chi connectivity index (χ4n) is 2.39. The first-order valence-electron chi connectivity index (χ1n) is 8.20. The van der Waals surface area contributed by atoms with Gasteiger partial charge in [0.05, 0.1) is 24.2 Å². The highest BCUT2D eigenvalue weighted by molar-refractivity contribution is 7.89. The second kappa shape index (κ2) is 8.26. The van der Waals surface area contributed by atoms with Crippen molar-refractivity contribution in [3.05, 3.63) is 59.1 Å². The molecule has 1 amide bonds. The predicted octanol–water partition coefficient (Wildman–Crippen LogP) is 3.11. The SMILES string of the molecule is CN(C1COC1)S(=O)(=O)c1ccc(NC(=O)OCc2ccc(Cl)cc2)cc1. The highest BCUT2D eigenvalue weighted by Gasteiger charge is 2.32. The lowest BCUT2D eigenvalue weighted by atomic mass is 10.2. The Kier molecular flexibility index (Phi) is 6.01. The van der Waals surface area contributed by atoms with Crippen LogP contribution in [-0.4, -0.2) is 45.1 Å². The average molecular weight is 411 g/mol. The smallest absolute Gasteiger partial charge is 0.411 e. The van der Waals surface area contributed by atoms with Gasteiger partial charge in [0.2, 0.25) is 10.0 Å². The monoisotopic (exact) mass is 410 g/mol. The minimum Gasteiger partial charge on any atom is -0.444 e. The summed E-state index contributed by atoms with van der Waals surface area (Å²) in [7, 11) is -2.06. The number of ether oxygens (including phenoxy) is 2. The third-order valence-corrected chi connectivity index (χ3v) is 6.37. The van der Waals surface area contributed by atoms with Crippen molar-refractivity contribution in [2.45, 2.75) is 17.5 Å². The molecular formula is C18H19ClN2O5S. The Morgan fingerprint density at radius 2 is 1.81 bits per heavy atom. The molecule has 0 spiro atoms. The number of carbonyl (C=O) groups excluding carboxylic acids is 1. The van der Waals surface area contributed by atoms with Gasteiger partial charge in [-0.15, -0.1) is 0 Å². The van der Waals surface area contributed by atoms with Crippen molar-refractivity contribution in [1.82, 2.24) is 4.31 Å². The molecule has 3 rings (SSSR count). The zero-order valence-electron chi connectivity index (χ0n) is 14.6. The number of nitrogens with zero attached hydrogens (tertiary/aromatic N) is 1. The van der Waals surface area contributed by atoms with Gasteiger partial charge in [0.1, 0.15) is 6.61 Å². The summed E-state index contributed by atoms with van der Waals surface area (Å²) in [5.41, 5.74) is 1.24. The molecule has 0 radical (unpaired) electrons. The molecule has 0 aliphatic carbocycles. The standard InChI is InChI=1S/C18H19ClN2O5S/c1-21(16-11-25-12-16)27(23,24)17-8-6-15(7-9-17)20-18(22)26-10-13-2-4-14(19)5-3-13/h2-9,16H,10-12H2,1H3,(H,20,22). The lowest BCUT2D eigenvalue weighted by molar-refractivity contribution is -0.0305. The summed E-state index contributed by atoms with van der Waals surface area (Å²) in [6.45, 7) is 0.896. The maximum absolute atomic E-state index is 12.5. The van der Waals surface area contributed by atoms with E-state index in [2.05, 4.69) is 5.32 Å². The van der Waals surface area contributed by atoms with Gasteiger partial charge in [-0.2, -0.15) is 4.31 Å². The van der Waals surface area contributed by atoms with Crippen LogP contribution in [0, 0.1) is 0 Å². The van der Waals surface area contributed by atoms with Gasteiger partial charge < -0.3 is 9.47 Å². The van der Waals surface area contributed by atoms with Crippen molar-refractivity contribution < 1.29 is 22.7 Å². The maximum atomic E-state index is 12.5. The number of nitrogens with one attached hydrogen (secondary N) is 1. The first-order valence-corrected chi connectivity index (χ1v) is 10.0. The van der Waals surface area contributed by atoms with Crippen LogP contribution in [0.1, 0.15) is 5.56 Å². The second-order valence-electron chi connectivity index (χ2n) is 6.06. The summed E-state index contributed by atoms with van der Waals surface area (Å²) in [6, 6.07) is 12.7. The quantitative estimate of drug-likeness (QED) is 0.790. The number of amides is 1. The molecule has 1 N–H and O–H groups in total. The molecule has 0 bridgehead atoms. The summed E-state index contributed by atoms with van der Waals surface area (Å²) in [6.07, 6.45) is -0.635. The highest BCUT2D eigenvalue weighted by Crippen LogP contribution is 2.22. The number of likely N-dealkylation sites (N-methyl/N-ethyl adjacent to an activating group) is 1. The van der Waals surface area contributed by atoms with Crippen LogP contribution in [0.3, 0.4) is 0 Å². The average Bonchev–Trinajstić information content (AvgIpc) is 2.60. The van der Waals surface area contributed by atoms with Gasteiger partial charge in [-0.05, 0) is 42.0 Å². The Morgan fingerprint density at radius 1 is 1.19 bits per heavy atom. The van der Waals surface area contributed by atoms with E-state index < -0.39 is 16.1 Å². The number of sulfonamides is 1. The molecule has 9 heteroatoms. The van der Waals surface area contributed by atoms with E-state index in [9.17, 15) is 13.2 Å². The van der Waals surface area contributed by atoms with Gasteiger partial charge in [-0.3, -0.25) is 5.32 Å². The molecule has 1 aliphatic heterocycles. The number of hydrogen-bond donors (Lipinski definition) is 1. The van der Waals surface area contributed by atoms with Crippen LogP contribution in [0.2, 0.25) is 5.02 Å². The van der Waals surface area contributed by atoms with E-state index in [0.29, 0.717) is 23.9 Å². The molecule has 0 aromatic heterocycles. The van der Waals surface area contributed by atoms with E-state index in [0.717, 1.165) is 5.56 Å². The number of rotatable bonds is 6. The van der Waals surface area contributed by atoms with Gasteiger partial charge in [0, 0.05) is 17.8 Å². The van der Waals surface area contributed by atoms with Crippen molar-refractivity contribution in [1.29, 1.82) is 0 Å². The van der Waals surface area contributed by atoms with Crippen LogP contribution in [-0.2, 0) is 26.1 Å². The van der Waals surface area contributed by atoms with E-state index in [1.54, 1.807) is 24.3 Å². The van der Waals surface area contributed by atoms with Crippen LogP contribution in [0.25, 0.3) is 0 Å². The third-order valence-electron chi connectivity index (χ3n) is 4.20.